The van der Waals surface area contributed by atoms with E-state index in [1.807, 2.05) is 12.1 Å². The molecule has 0 radical (unpaired) electrons. The van der Waals surface area contributed by atoms with Crippen LogP contribution in [0.3, 0.4) is 0 Å². The van der Waals surface area contributed by atoms with Gasteiger partial charge in [-0.3, -0.25) is 4.90 Å². The van der Waals surface area contributed by atoms with Crippen LogP contribution >= 0.6 is 0 Å². The van der Waals surface area contributed by atoms with Crippen molar-refractivity contribution < 1.29 is 14.3 Å². The van der Waals surface area contributed by atoms with Gasteiger partial charge in [0.25, 0.3) is 0 Å². The monoisotopic (exact) mass is 289 g/mol. The predicted octanol–water partition coefficient (Wildman–Crippen LogP) is 1.19. The molecule has 0 amide bonds. The Labute approximate surface area is 122 Å². The van der Waals surface area contributed by atoms with Crippen LogP contribution in [-0.2, 0) is 11.3 Å². The summed E-state index contributed by atoms with van der Waals surface area (Å²) in [4.78, 5) is 11.0. The number of pyridine rings is 1. The summed E-state index contributed by atoms with van der Waals surface area (Å²) < 4.78 is 11.6. The molecule has 2 aromatic heterocycles. The second-order valence-electron chi connectivity index (χ2n) is 5.90. The summed E-state index contributed by atoms with van der Waals surface area (Å²) in [5, 5.41) is 9.37. The number of aromatic nitrogens is 2. The van der Waals surface area contributed by atoms with Gasteiger partial charge in [-0.1, -0.05) is 0 Å². The van der Waals surface area contributed by atoms with Crippen LogP contribution in [0, 0.1) is 5.92 Å². The van der Waals surface area contributed by atoms with Crippen LogP contribution in [0.15, 0.2) is 22.7 Å². The van der Waals surface area contributed by atoms with Gasteiger partial charge in [-0.05, 0) is 30.9 Å². The van der Waals surface area contributed by atoms with Gasteiger partial charge < -0.3 is 14.3 Å². The molecule has 0 bridgehead atoms. The first-order chi connectivity index (χ1) is 10.3. The summed E-state index contributed by atoms with van der Waals surface area (Å²) in [6, 6.07) is 4.10. The van der Waals surface area contributed by atoms with Crippen LogP contribution in [-0.4, -0.2) is 51.9 Å². The van der Waals surface area contributed by atoms with Gasteiger partial charge in [-0.15, -0.1) is 0 Å². The number of nitrogens with zero attached hydrogens (tertiary/aromatic N) is 3. The molecule has 1 aliphatic carbocycles. The molecular weight excluding hydrogens is 270 g/mol. The van der Waals surface area contributed by atoms with Gasteiger partial charge in [-0.2, -0.15) is 4.98 Å². The zero-order valence-corrected chi connectivity index (χ0v) is 11.8. The highest BCUT2D eigenvalue weighted by Gasteiger charge is 2.41. The lowest BCUT2D eigenvalue weighted by Crippen LogP contribution is -2.47. The van der Waals surface area contributed by atoms with E-state index in [2.05, 4.69) is 14.9 Å². The normalized spacial score (nSPS) is 29.9. The molecule has 1 saturated carbocycles. The third-order valence-electron chi connectivity index (χ3n) is 4.55. The smallest absolute Gasteiger partial charge is 0.211 e. The summed E-state index contributed by atoms with van der Waals surface area (Å²) in [6.45, 7) is 2.54. The lowest BCUT2D eigenvalue weighted by molar-refractivity contribution is -0.0612. The third kappa shape index (κ3) is 2.43. The van der Waals surface area contributed by atoms with Crippen molar-refractivity contribution in [2.45, 2.75) is 31.5 Å². The Morgan fingerprint density at radius 1 is 1.38 bits per heavy atom. The summed E-state index contributed by atoms with van der Waals surface area (Å²) in [7, 11) is 0. The molecule has 0 unspecified atom stereocenters. The Morgan fingerprint density at radius 2 is 2.33 bits per heavy atom. The number of fused-ring (bicyclic) bond motifs is 2. The molecule has 0 spiro atoms. The van der Waals surface area contributed by atoms with Gasteiger partial charge in [0.15, 0.2) is 11.2 Å². The maximum absolute atomic E-state index is 9.37. The van der Waals surface area contributed by atoms with Gasteiger partial charge in [-0.25, -0.2) is 4.98 Å². The maximum Gasteiger partial charge on any atom is 0.211 e. The Hall–Kier alpha value is -1.50. The molecule has 3 atom stereocenters. The van der Waals surface area contributed by atoms with E-state index in [4.69, 9.17) is 9.15 Å². The van der Waals surface area contributed by atoms with E-state index < -0.39 is 0 Å². The molecule has 6 nitrogen and oxygen atoms in total. The summed E-state index contributed by atoms with van der Waals surface area (Å²) >= 11 is 0. The average Bonchev–Trinajstić information content (AvgIpc) is 3.10. The van der Waals surface area contributed by atoms with Crippen molar-refractivity contribution in [2.24, 2.45) is 5.92 Å². The lowest BCUT2D eigenvalue weighted by atomic mass is 10.1. The van der Waals surface area contributed by atoms with Gasteiger partial charge in [0.2, 0.25) is 5.89 Å². The van der Waals surface area contributed by atoms with E-state index in [-0.39, 0.29) is 12.7 Å². The van der Waals surface area contributed by atoms with E-state index in [1.165, 1.54) is 0 Å². The minimum atomic E-state index is 0.235. The Balaban J connectivity index is 1.53. The van der Waals surface area contributed by atoms with E-state index >= 15 is 0 Å². The summed E-state index contributed by atoms with van der Waals surface area (Å²) in [5.74, 6) is 1.06. The summed E-state index contributed by atoms with van der Waals surface area (Å²) in [5.41, 5.74) is 1.40. The van der Waals surface area contributed by atoms with Crippen molar-refractivity contribution >= 4 is 11.2 Å². The number of ether oxygens (including phenoxy) is 1. The predicted molar refractivity (Wildman–Crippen MR) is 75.6 cm³/mol. The second kappa shape index (κ2) is 5.36. The molecule has 2 fully saturated rings. The molecule has 1 N–H and O–H groups in total. The number of hydrogen-bond acceptors (Lipinski definition) is 6. The van der Waals surface area contributed by atoms with E-state index in [0.717, 1.165) is 31.6 Å². The SMILES string of the molecule is OC[C@H]1C[C@@H]2OCCN(Cc3nc4ncccc4o3)[C@H]2C1. The Morgan fingerprint density at radius 3 is 3.19 bits per heavy atom. The largest absolute Gasteiger partial charge is 0.438 e. The van der Waals surface area contributed by atoms with Crippen molar-refractivity contribution in [1.29, 1.82) is 0 Å². The van der Waals surface area contributed by atoms with Crippen LogP contribution in [0.25, 0.3) is 11.2 Å². The molecule has 6 heteroatoms. The van der Waals surface area contributed by atoms with Crippen molar-refractivity contribution in [3.05, 3.63) is 24.2 Å². The topological polar surface area (TPSA) is 71.6 Å². The van der Waals surface area contributed by atoms with Crippen LogP contribution in [0.4, 0.5) is 0 Å². The first-order valence-electron chi connectivity index (χ1n) is 7.50. The lowest BCUT2D eigenvalue weighted by Gasteiger charge is -2.36. The van der Waals surface area contributed by atoms with Gasteiger partial charge in [0.05, 0.1) is 19.3 Å². The second-order valence-corrected chi connectivity index (χ2v) is 5.90. The first-order valence-corrected chi connectivity index (χ1v) is 7.50. The standard InChI is InChI=1S/C15H19N3O3/c19-9-10-6-11-13(7-10)20-5-4-18(11)8-14-17-15-12(21-14)2-1-3-16-15/h1-3,10-11,13,19H,4-9H2/t10-,11+,13+/m1/s1. The number of aliphatic hydroxyl groups excluding tert-OH is 1. The Bertz CT molecular complexity index is 596. The van der Waals surface area contributed by atoms with Crippen molar-refractivity contribution in [2.75, 3.05) is 19.8 Å². The van der Waals surface area contributed by atoms with Crippen LogP contribution in [0.5, 0.6) is 0 Å². The minimum Gasteiger partial charge on any atom is -0.438 e. The van der Waals surface area contributed by atoms with Gasteiger partial charge in [0.1, 0.15) is 0 Å². The highest BCUT2D eigenvalue weighted by molar-refractivity contribution is 5.66. The fourth-order valence-corrected chi connectivity index (χ4v) is 3.53. The number of oxazole rings is 1. The molecule has 112 valence electrons. The summed E-state index contributed by atoms with van der Waals surface area (Å²) in [6.07, 6.45) is 3.90. The molecule has 4 rings (SSSR count). The molecule has 21 heavy (non-hydrogen) atoms. The van der Waals surface area contributed by atoms with Crippen LogP contribution in [0.2, 0.25) is 0 Å². The van der Waals surface area contributed by atoms with E-state index in [0.29, 0.717) is 30.0 Å². The van der Waals surface area contributed by atoms with E-state index in [1.54, 1.807) is 6.20 Å². The molecule has 2 aliphatic rings. The zero-order chi connectivity index (χ0) is 14.2. The number of hydrogen-bond donors (Lipinski definition) is 1. The zero-order valence-electron chi connectivity index (χ0n) is 11.8. The highest BCUT2D eigenvalue weighted by atomic mass is 16.5. The van der Waals surface area contributed by atoms with E-state index in [9.17, 15) is 5.11 Å². The molecule has 3 heterocycles. The van der Waals surface area contributed by atoms with Crippen LogP contribution in [0.1, 0.15) is 18.7 Å². The number of aliphatic hydroxyl groups is 1. The molecule has 0 aromatic carbocycles. The first kappa shape index (κ1) is 13.2. The third-order valence-corrected chi connectivity index (χ3v) is 4.55. The number of rotatable bonds is 3. The molecule has 2 aromatic rings. The maximum atomic E-state index is 9.37. The van der Waals surface area contributed by atoms with Crippen molar-refractivity contribution in [1.82, 2.24) is 14.9 Å². The minimum absolute atomic E-state index is 0.235. The van der Waals surface area contributed by atoms with Gasteiger partial charge in [0, 0.05) is 25.4 Å². The van der Waals surface area contributed by atoms with Crippen molar-refractivity contribution in [3.8, 4) is 0 Å². The molecule has 1 saturated heterocycles. The fraction of sp³-hybridized carbons (Fsp3) is 0.600. The Kier molecular flexibility index (Phi) is 3.37. The molecule has 1 aliphatic heterocycles. The quantitative estimate of drug-likeness (QED) is 0.915. The van der Waals surface area contributed by atoms with Gasteiger partial charge >= 0.3 is 0 Å². The highest BCUT2D eigenvalue weighted by Crippen LogP contribution is 2.34. The number of morpholine rings is 1. The average molecular weight is 289 g/mol. The van der Waals surface area contributed by atoms with Crippen molar-refractivity contribution in [3.63, 3.8) is 0 Å². The van der Waals surface area contributed by atoms with Crippen LogP contribution < -0.4 is 0 Å². The molecular formula is C15H19N3O3. The fourth-order valence-electron chi connectivity index (χ4n) is 3.53.